The molecule has 2 fully saturated rings. The number of piperazine rings is 1. The fraction of sp³-hybridized carbons (Fsp3) is 0.364. The number of ether oxygens (including phenoxy) is 1. The van der Waals surface area contributed by atoms with E-state index in [1.807, 2.05) is 0 Å². The standard InChI is InChI=1S/C22H23FN4O4/c1-31-19-6-5-16(12-24-19)21(29)25-8-7-18-22(30)26(14-20(28)27(18)10-9-25)13-15-3-2-4-17(23)11-15/h2-6,11-12,18H,7-10,13-14H2,1H3. The van der Waals surface area contributed by atoms with Gasteiger partial charge in [0.25, 0.3) is 5.91 Å². The number of fused-ring (bicyclic) bond motifs is 1. The molecule has 9 heteroatoms. The molecule has 1 aromatic carbocycles. The van der Waals surface area contributed by atoms with Crippen LogP contribution in [0, 0.1) is 5.82 Å². The van der Waals surface area contributed by atoms with Crippen LogP contribution in [0.15, 0.2) is 42.6 Å². The van der Waals surface area contributed by atoms with Crippen molar-refractivity contribution < 1.29 is 23.5 Å². The van der Waals surface area contributed by atoms with Crippen molar-refractivity contribution in [3.05, 3.63) is 59.5 Å². The molecule has 1 atom stereocenters. The lowest BCUT2D eigenvalue weighted by Gasteiger charge is -2.39. The van der Waals surface area contributed by atoms with E-state index >= 15 is 0 Å². The Morgan fingerprint density at radius 3 is 2.74 bits per heavy atom. The number of hydrogen-bond donors (Lipinski definition) is 0. The minimum absolute atomic E-state index is 0.0534. The molecule has 2 saturated heterocycles. The monoisotopic (exact) mass is 426 g/mol. The van der Waals surface area contributed by atoms with E-state index in [4.69, 9.17) is 4.74 Å². The summed E-state index contributed by atoms with van der Waals surface area (Å²) in [6.45, 7) is 1.09. The topological polar surface area (TPSA) is 83.0 Å². The summed E-state index contributed by atoms with van der Waals surface area (Å²) in [6.07, 6.45) is 1.80. The first kappa shape index (κ1) is 20.8. The van der Waals surface area contributed by atoms with E-state index in [1.165, 1.54) is 30.3 Å². The molecule has 8 nitrogen and oxygen atoms in total. The zero-order valence-electron chi connectivity index (χ0n) is 17.2. The second-order valence-corrected chi connectivity index (χ2v) is 7.60. The number of carbonyl (C=O) groups is 3. The SMILES string of the molecule is COc1ccc(C(=O)N2CCC3C(=O)N(Cc4cccc(F)c4)CC(=O)N3CC2)cn1. The first-order valence-electron chi connectivity index (χ1n) is 10.1. The second-order valence-electron chi connectivity index (χ2n) is 7.60. The lowest BCUT2D eigenvalue weighted by Crippen LogP contribution is -2.59. The molecule has 4 rings (SSSR count). The molecule has 162 valence electrons. The van der Waals surface area contributed by atoms with Crippen molar-refractivity contribution in [3.8, 4) is 5.88 Å². The number of methoxy groups -OCH3 is 1. The Morgan fingerprint density at radius 2 is 2.03 bits per heavy atom. The lowest BCUT2D eigenvalue weighted by atomic mass is 10.1. The smallest absolute Gasteiger partial charge is 0.255 e. The van der Waals surface area contributed by atoms with E-state index < -0.39 is 6.04 Å². The van der Waals surface area contributed by atoms with Crippen LogP contribution in [0.1, 0.15) is 22.3 Å². The first-order valence-corrected chi connectivity index (χ1v) is 10.1. The molecule has 2 aliphatic heterocycles. The molecule has 1 unspecified atom stereocenters. The van der Waals surface area contributed by atoms with Gasteiger partial charge in [-0.05, 0) is 30.2 Å². The van der Waals surface area contributed by atoms with E-state index in [-0.39, 0.29) is 36.6 Å². The van der Waals surface area contributed by atoms with Gasteiger partial charge in [0.15, 0.2) is 0 Å². The van der Waals surface area contributed by atoms with Crippen LogP contribution in [0.4, 0.5) is 4.39 Å². The normalized spacial score (nSPS) is 19.2. The minimum atomic E-state index is -0.624. The molecule has 2 aromatic rings. The van der Waals surface area contributed by atoms with Gasteiger partial charge in [0.05, 0.1) is 12.7 Å². The number of hydrogen-bond acceptors (Lipinski definition) is 5. The van der Waals surface area contributed by atoms with Crippen LogP contribution in [0.5, 0.6) is 5.88 Å². The number of rotatable bonds is 4. The average Bonchev–Trinajstić information content (AvgIpc) is 3.01. The van der Waals surface area contributed by atoms with Gasteiger partial charge in [0, 0.05) is 38.4 Å². The van der Waals surface area contributed by atoms with E-state index in [0.29, 0.717) is 43.1 Å². The third-order valence-electron chi connectivity index (χ3n) is 5.64. The molecule has 0 N–H and O–H groups in total. The number of benzene rings is 1. The van der Waals surface area contributed by atoms with Gasteiger partial charge in [-0.25, -0.2) is 9.37 Å². The van der Waals surface area contributed by atoms with Crippen LogP contribution in [0.2, 0.25) is 0 Å². The van der Waals surface area contributed by atoms with Crippen molar-refractivity contribution >= 4 is 17.7 Å². The number of nitrogens with zero attached hydrogens (tertiary/aromatic N) is 4. The number of aromatic nitrogens is 1. The molecule has 0 bridgehead atoms. The Hall–Kier alpha value is -3.49. The second kappa shape index (κ2) is 8.71. The lowest BCUT2D eigenvalue weighted by molar-refractivity contribution is -0.156. The van der Waals surface area contributed by atoms with Crippen molar-refractivity contribution in [2.75, 3.05) is 33.3 Å². The highest BCUT2D eigenvalue weighted by atomic mass is 19.1. The largest absolute Gasteiger partial charge is 0.481 e. The van der Waals surface area contributed by atoms with Gasteiger partial charge < -0.3 is 19.4 Å². The average molecular weight is 426 g/mol. The Bertz CT molecular complexity index is 997. The highest BCUT2D eigenvalue weighted by Crippen LogP contribution is 2.22. The molecule has 31 heavy (non-hydrogen) atoms. The van der Waals surface area contributed by atoms with Crippen molar-refractivity contribution in [3.63, 3.8) is 0 Å². The molecule has 3 heterocycles. The number of halogens is 1. The molecular weight excluding hydrogens is 403 g/mol. The van der Waals surface area contributed by atoms with Crippen LogP contribution in [-0.2, 0) is 16.1 Å². The molecule has 0 spiro atoms. The summed E-state index contributed by atoms with van der Waals surface area (Å²) in [6, 6.07) is 8.64. The van der Waals surface area contributed by atoms with Gasteiger partial charge in [-0.3, -0.25) is 14.4 Å². The maximum absolute atomic E-state index is 13.5. The minimum Gasteiger partial charge on any atom is -0.481 e. The summed E-state index contributed by atoms with van der Waals surface area (Å²) in [4.78, 5) is 47.4. The van der Waals surface area contributed by atoms with Gasteiger partial charge in [0.1, 0.15) is 18.4 Å². The predicted octanol–water partition coefficient (Wildman–Crippen LogP) is 1.31. The Morgan fingerprint density at radius 1 is 1.19 bits per heavy atom. The van der Waals surface area contributed by atoms with E-state index in [9.17, 15) is 18.8 Å². The Kier molecular flexibility index (Phi) is 5.83. The van der Waals surface area contributed by atoms with Crippen LogP contribution in [-0.4, -0.2) is 76.7 Å². The molecule has 1 aromatic heterocycles. The summed E-state index contributed by atoms with van der Waals surface area (Å²) >= 11 is 0. The van der Waals surface area contributed by atoms with Crippen molar-refractivity contribution in [2.45, 2.75) is 19.0 Å². The number of carbonyl (C=O) groups excluding carboxylic acids is 3. The molecule has 0 aliphatic carbocycles. The summed E-state index contributed by atoms with van der Waals surface area (Å²) < 4.78 is 18.5. The maximum atomic E-state index is 13.5. The van der Waals surface area contributed by atoms with Crippen LogP contribution >= 0.6 is 0 Å². The van der Waals surface area contributed by atoms with Crippen molar-refractivity contribution in [2.24, 2.45) is 0 Å². The summed E-state index contributed by atoms with van der Waals surface area (Å²) in [5.74, 6) is -0.511. The molecule has 0 radical (unpaired) electrons. The van der Waals surface area contributed by atoms with Crippen LogP contribution in [0.25, 0.3) is 0 Å². The van der Waals surface area contributed by atoms with E-state index in [0.717, 1.165) is 0 Å². The number of amides is 3. The molecule has 0 saturated carbocycles. The number of pyridine rings is 1. The summed E-state index contributed by atoms with van der Waals surface area (Å²) in [5.41, 5.74) is 1.05. The third kappa shape index (κ3) is 4.35. The highest BCUT2D eigenvalue weighted by Gasteiger charge is 2.41. The molecular formula is C22H23FN4O4. The van der Waals surface area contributed by atoms with E-state index in [1.54, 1.807) is 34.1 Å². The van der Waals surface area contributed by atoms with Crippen molar-refractivity contribution in [1.82, 2.24) is 19.7 Å². The molecule has 2 aliphatic rings. The zero-order chi connectivity index (χ0) is 22.0. The van der Waals surface area contributed by atoms with Crippen LogP contribution < -0.4 is 4.74 Å². The van der Waals surface area contributed by atoms with Gasteiger partial charge in [0.2, 0.25) is 17.7 Å². The third-order valence-corrected chi connectivity index (χ3v) is 5.64. The Balaban J connectivity index is 1.46. The first-order chi connectivity index (χ1) is 15.0. The summed E-state index contributed by atoms with van der Waals surface area (Å²) in [7, 11) is 1.50. The van der Waals surface area contributed by atoms with Crippen molar-refractivity contribution in [1.29, 1.82) is 0 Å². The summed E-state index contributed by atoms with van der Waals surface area (Å²) in [5, 5.41) is 0. The Labute approximate surface area is 179 Å². The predicted molar refractivity (Wildman–Crippen MR) is 109 cm³/mol. The van der Waals surface area contributed by atoms with Crippen LogP contribution in [0.3, 0.4) is 0 Å². The van der Waals surface area contributed by atoms with Gasteiger partial charge >= 0.3 is 0 Å². The maximum Gasteiger partial charge on any atom is 0.255 e. The quantitative estimate of drug-likeness (QED) is 0.736. The highest BCUT2D eigenvalue weighted by molar-refractivity contribution is 5.96. The van der Waals surface area contributed by atoms with Gasteiger partial charge in [-0.1, -0.05) is 12.1 Å². The fourth-order valence-corrected chi connectivity index (χ4v) is 4.03. The fourth-order valence-electron chi connectivity index (χ4n) is 4.03. The zero-order valence-corrected chi connectivity index (χ0v) is 17.2. The molecule has 3 amide bonds. The van der Waals surface area contributed by atoms with Gasteiger partial charge in [-0.15, -0.1) is 0 Å². The van der Waals surface area contributed by atoms with E-state index in [2.05, 4.69) is 4.98 Å². The van der Waals surface area contributed by atoms with Gasteiger partial charge in [-0.2, -0.15) is 0 Å².